The molecule has 0 unspecified atom stereocenters. The van der Waals surface area contributed by atoms with E-state index in [0.717, 1.165) is 27.5 Å². The van der Waals surface area contributed by atoms with Gasteiger partial charge in [0, 0.05) is 16.6 Å². The van der Waals surface area contributed by atoms with Gasteiger partial charge in [-0.15, -0.1) is 11.3 Å². The molecule has 25 heavy (non-hydrogen) atoms. The molecule has 4 nitrogen and oxygen atoms in total. The smallest absolute Gasteiger partial charge is 0.255 e. The van der Waals surface area contributed by atoms with Crippen molar-refractivity contribution in [3.8, 4) is 5.75 Å². The monoisotopic (exact) mass is 352 g/mol. The summed E-state index contributed by atoms with van der Waals surface area (Å²) >= 11 is 1.60. The third kappa shape index (κ3) is 4.25. The van der Waals surface area contributed by atoms with Crippen LogP contribution in [0.5, 0.6) is 5.75 Å². The fourth-order valence-electron chi connectivity index (χ4n) is 2.56. The molecule has 3 rings (SSSR count). The van der Waals surface area contributed by atoms with Gasteiger partial charge in [-0.2, -0.15) is 0 Å². The molecule has 0 saturated heterocycles. The molecule has 0 atom stereocenters. The number of para-hydroxylation sites is 1. The number of ether oxygens (including phenoxy) is 1. The predicted octanol–water partition coefficient (Wildman–Crippen LogP) is 4.90. The van der Waals surface area contributed by atoms with Crippen LogP contribution in [0.15, 0.2) is 47.8 Å². The van der Waals surface area contributed by atoms with Crippen molar-refractivity contribution in [3.05, 3.63) is 75.2 Å². The molecule has 0 aliphatic carbocycles. The van der Waals surface area contributed by atoms with Crippen molar-refractivity contribution >= 4 is 22.9 Å². The molecule has 128 valence electrons. The van der Waals surface area contributed by atoms with Crippen LogP contribution in [0.4, 0.5) is 5.69 Å². The quantitative estimate of drug-likeness (QED) is 0.710. The topological polar surface area (TPSA) is 51.2 Å². The zero-order valence-electron chi connectivity index (χ0n) is 14.5. The Morgan fingerprint density at radius 3 is 2.52 bits per heavy atom. The van der Waals surface area contributed by atoms with Crippen LogP contribution in [0.1, 0.15) is 32.2 Å². The van der Waals surface area contributed by atoms with Crippen molar-refractivity contribution in [3.63, 3.8) is 0 Å². The van der Waals surface area contributed by atoms with Gasteiger partial charge in [-0.3, -0.25) is 4.79 Å². The zero-order chi connectivity index (χ0) is 17.8. The molecule has 0 spiro atoms. The highest BCUT2D eigenvalue weighted by Gasteiger charge is 2.10. The number of carbonyl (C=O) groups is 1. The summed E-state index contributed by atoms with van der Waals surface area (Å²) in [5, 5.41) is 5.99. The summed E-state index contributed by atoms with van der Waals surface area (Å²) in [5.74, 6) is 0.507. The van der Waals surface area contributed by atoms with Crippen LogP contribution in [0, 0.1) is 20.8 Å². The summed E-state index contributed by atoms with van der Waals surface area (Å²) in [7, 11) is 0. The second kappa shape index (κ2) is 7.49. The van der Waals surface area contributed by atoms with Crippen LogP contribution in [-0.2, 0) is 6.61 Å². The van der Waals surface area contributed by atoms with E-state index in [1.165, 1.54) is 0 Å². The van der Waals surface area contributed by atoms with E-state index < -0.39 is 0 Å². The summed E-state index contributed by atoms with van der Waals surface area (Å²) in [6.45, 7) is 6.33. The fraction of sp³-hybridized carbons (Fsp3) is 0.200. The lowest BCUT2D eigenvalue weighted by molar-refractivity contribution is 0.102. The van der Waals surface area contributed by atoms with Gasteiger partial charge >= 0.3 is 0 Å². The minimum Gasteiger partial charge on any atom is -0.487 e. The molecule has 0 aliphatic heterocycles. The number of anilines is 1. The van der Waals surface area contributed by atoms with Crippen LogP contribution >= 0.6 is 11.3 Å². The number of aromatic nitrogens is 1. The number of amides is 1. The van der Waals surface area contributed by atoms with Gasteiger partial charge in [-0.1, -0.05) is 24.3 Å². The number of nitrogens with zero attached hydrogens (tertiary/aromatic N) is 1. The van der Waals surface area contributed by atoms with Crippen LogP contribution in [-0.4, -0.2) is 10.9 Å². The third-order valence-electron chi connectivity index (χ3n) is 3.87. The number of thiazole rings is 1. The van der Waals surface area contributed by atoms with Crippen molar-refractivity contribution in [1.82, 2.24) is 4.98 Å². The van der Waals surface area contributed by atoms with E-state index in [1.807, 2.05) is 56.5 Å². The Morgan fingerprint density at radius 2 is 1.84 bits per heavy atom. The maximum atomic E-state index is 12.6. The highest BCUT2D eigenvalue weighted by atomic mass is 32.1. The minimum atomic E-state index is -0.146. The average molecular weight is 352 g/mol. The van der Waals surface area contributed by atoms with E-state index in [2.05, 4.69) is 10.3 Å². The zero-order valence-corrected chi connectivity index (χ0v) is 15.3. The summed E-state index contributed by atoms with van der Waals surface area (Å²) in [5.41, 5.74) is 4.40. The van der Waals surface area contributed by atoms with E-state index in [0.29, 0.717) is 17.9 Å². The van der Waals surface area contributed by atoms with E-state index in [9.17, 15) is 4.79 Å². The van der Waals surface area contributed by atoms with Gasteiger partial charge in [0.15, 0.2) is 0 Å². The number of aryl methyl sites for hydroxylation is 3. The largest absolute Gasteiger partial charge is 0.487 e. The average Bonchev–Trinajstić information content (AvgIpc) is 3.02. The SMILES string of the molecule is Cc1nc(COc2cccc(C(=O)Nc3c(C)cccc3C)c2)cs1. The van der Waals surface area contributed by atoms with Gasteiger partial charge in [0.2, 0.25) is 0 Å². The number of nitrogens with one attached hydrogen (secondary N) is 1. The molecule has 1 aromatic heterocycles. The summed E-state index contributed by atoms with van der Waals surface area (Å²) in [6, 6.07) is 13.1. The Labute approximate surface area is 151 Å². The van der Waals surface area contributed by atoms with E-state index >= 15 is 0 Å². The number of hydrogen-bond acceptors (Lipinski definition) is 4. The van der Waals surface area contributed by atoms with Gasteiger partial charge in [0.1, 0.15) is 12.4 Å². The van der Waals surface area contributed by atoms with Crippen LogP contribution in [0.2, 0.25) is 0 Å². The van der Waals surface area contributed by atoms with Crippen LogP contribution < -0.4 is 10.1 Å². The van der Waals surface area contributed by atoms with E-state index in [1.54, 1.807) is 23.5 Å². The van der Waals surface area contributed by atoms with Gasteiger partial charge in [-0.25, -0.2) is 4.98 Å². The van der Waals surface area contributed by atoms with E-state index in [-0.39, 0.29) is 5.91 Å². The molecule has 2 aromatic carbocycles. The first-order chi connectivity index (χ1) is 12.0. The molecule has 5 heteroatoms. The molecule has 3 aromatic rings. The molecule has 0 aliphatic rings. The first-order valence-corrected chi connectivity index (χ1v) is 8.92. The van der Waals surface area contributed by atoms with E-state index in [4.69, 9.17) is 4.74 Å². The minimum absolute atomic E-state index is 0.146. The first-order valence-electron chi connectivity index (χ1n) is 8.04. The molecule has 0 bridgehead atoms. The van der Waals surface area contributed by atoms with Gasteiger partial charge in [0.25, 0.3) is 5.91 Å². The van der Waals surface area contributed by atoms with Crippen LogP contribution in [0.25, 0.3) is 0 Å². The number of rotatable bonds is 5. The molecule has 1 N–H and O–H groups in total. The summed E-state index contributed by atoms with van der Waals surface area (Å²) in [6.07, 6.45) is 0. The van der Waals surface area contributed by atoms with Crippen molar-refractivity contribution < 1.29 is 9.53 Å². The fourth-order valence-corrected chi connectivity index (χ4v) is 3.15. The second-order valence-corrected chi connectivity index (χ2v) is 6.96. The first kappa shape index (κ1) is 17.2. The molecule has 1 heterocycles. The molecule has 0 saturated carbocycles. The van der Waals surface area contributed by atoms with Crippen molar-refractivity contribution in [2.24, 2.45) is 0 Å². The van der Waals surface area contributed by atoms with Gasteiger partial charge in [0.05, 0.1) is 10.7 Å². The normalized spacial score (nSPS) is 10.5. The predicted molar refractivity (Wildman–Crippen MR) is 101 cm³/mol. The number of benzene rings is 2. The summed E-state index contributed by atoms with van der Waals surface area (Å²) < 4.78 is 5.76. The molecule has 0 radical (unpaired) electrons. The molecule has 1 amide bonds. The lowest BCUT2D eigenvalue weighted by Gasteiger charge is -2.12. The Morgan fingerprint density at radius 1 is 1.12 bits per heavy atom. The second-order valence-electron chi connectivity index (χ2n) is 5.90. The molecular formula is C20H20N2O2S. The van der Waals surface area contributed by atoms with Crippen molar-refractivity contribution in [2.45, 2.75) is 27.4 Å². The van der Waals surface area contributed by atoms with Crippen molar-refractivity contribution in [2.75, 3.05) is 5.32 Å². The lowest BCUT2D eigenvalue weighted by Crippen LogP contribution is -2.13. The van der Waals surface area contributed by atoms with Crippen LogP contribution in [0.3, 0.4) is 0 Å². The van der Waals surface area contributed by atoms with Gasteiger partial charge < -0.3 is 10.1 Å². The Bertz CT molecular complexity index is 882. The molecule has 0 fully saturated rings. The highest BCUT2D eigenvalue weighted by Crippen LogP contribution is 2.22. The standard InChI is InChI=1S/C20H20N2O2S/c1-13-6-4-7-14(2)19(13)22-20(23)16-8-5-9-18(10-16)24-11-17-12-25-15(3)21-17/h4-10,12H,11H2,1-3H3,(H,22,23). The summed E-state index contributed by atoms with van der Waals surface area (Å²) in [4.78, 5) is 16.9. The molecular weight excluding hydrogens is 332 g/mol. The Kier molecular flexibility index (Phi) is 5.14. The lowest BCUT2D eigenvalue weighted by atomic mass is 10.1. The van der Waals surface area contributed by atoms with Gasteiger partial charge in [-0.05, 0) is 50.1 Å². The Hall–Kier alpha value is -2.66. The maximum absolute atomic E-state index is 12.6. The number of hydrogen-bond donors (Lipinski definition) is 1. The highest BCUT2D eigenvalue weighted by molar-refractivity contribution is 7.09. The van der Waals surface area contributed by atoms with Crippen molar-refractivity contribution in [1.29, 1.82) is 0 Å². The maximum Gasteiger partial charge on any atom is 0.255 e. The third-order valence-corrected chi connectivity index (χ3v) is 4.69. The Balaban J connectivity index is 1.71. The number of carbonyl (C=O) groups excluding carboxylic acids is 1.